The summed E-state index contributed by atoms with van der Waals surface area (Å²) in [5.74, 6) is 0.445. The Morgan fingerprint density at radius 2 is 1.94 bits per heavy atom. The monoisotopic (exact) mass is 258 g/mol. The minimum Gasteiger partial charge on any atom is -0.464 e. The second-order valence-electron chi connectivity index (χ2n) is 3.52. The highest BCUT2D eigenvalue weighted by molar-refractivity contribution is 8.00. The Labute approximate surface area is 101 Å². The average Bonchev–Trinajstić information content (AvgIpc) is 2.71. The summed E-state index contributed by atoms with van der Waals surface area (Å²) in [5.41, 5.74) is -2.93. The molecule has 1 nitrogen and oxygen atoms in total. The first-order valence-electron chi connectivity index (χ1n) is 4.86. The molecule has 0 aliphatic rings. The molecule has 17 heavy (non-hydrogen) atoms. The van der Waals surface area contributed by atoms with Gasteiger partial charge in [-0.05, 0) is 43.0 Å². The van der Waals surface area contributed by atoms with Crippen LogP contribution in [0.2, 0.25) is 0 Å². The fourth-order valence-electron chi connectivity index (χ4n) is 1.48. The van der Waals surface area contributed by atoms with E-state index >= 15 is 0 Å². The van der Waals surface area contributed by atoms with E-state index in [2.05, 4.69) is 0 Å². The molecule has 0 aliphatic carbocycles. The topological polar surface area (TPSA) is 13.1 Å². The number of rotatable bonds is 2. The zero-order chi connectivity index (χ0) is 12.5. The predicted octanol–water partition coefficient (Wildman–Crippen LogP) is 4.87. The average molecular weight is 258 g/mol. The van der Waals surface area contributed by atoms with Crippen molar-refractivity contribution in [2.75, 3.05) is 0 Å². The zero-order valence-electron chi connectivity index (χ0n) is 8.91. The van der Waals surface area contributed by atoms with Gasteiger partial charge in [0.25, 0.3) is 0 Å². The van der Waals surface area contributed by atoms with Crippen LogP contribution in [0.25, 0.3) is 11.3 Å². The van der Waals surface area contributed by atoms with E-state index in [4.69, 9.17) is 4.42 Å². The maximum atomic E-state index is 12.4. The Morgan fingerprint density at radius 1 is 1.18 bits per heavy atom. The molecular weight excluding hydrogens is 249 g/mol. The van der Waals surface area contributed by atoms with Crippen LogP contribution in [0.5, 0.6) is 0 Å². The van der Waals surface area contributed by atoms with E-state index in [-0.39, 0.29) is 16.7 Å². The third-order valence-corrected chi connectivity index (χ3v) is 2.95. The van der Waals surface area contributed by atoms with Gasteiger partial charge in [-0.2, -0.15) is 13.2 Å². The van der Waals surface area contributed by atoms with Gasteiger partial charge in [-0.3, -0.25) is 0 Å². The maximum Gasteiger partial charge on any atom is 0.446 e. The van der Waals surface area contributed by atoms with Gasteiger partial charge in [-0.15, -0.1) is 0 Å². The highest BCUT2D eigenvalue weighted by atomic mass is 32.2. The first-order valence-corrected chi connectivity index (χ1v) is 5.67. The number of alkyl halides is 3. The van der Waals surface area contributed by atoms with Gasteiger partial charge in [0.2, 0.25) is 0 Å². The van der Waals surface area contributed by atoms with Crippen LogP contribution in [-0.2, 0) is 0 Å². The molecule has 0 spiro atoms. The van der Waals surface area contributed by atoms with Crippen LogP contribution in [0.3, 0.4) is 0 Å². The van der Waals surface area contributed by atoms with Crippen molar-refractivity contribution in [1.29, 1.82) is 0 Å². The van der Waals surface area contributed by atoms with E-state index in [0.717, 1.165) is 5.56 Å². The van der Waals surface area contributed by atoms with Crippen molar-refractivity contribution < 1.29 is 17.6 Å². The number of aryl methyl sites for hydroxylation is 1. The highest BCUT2D eigenvalue weighted by Crippen LogP contribution is 2.42. The molecule has 0 saturated carbocycles. The van der Waals surface area contributed by atoms with Crippen LogP contribution in [0.4, 0.5) is 13.2 Å². The first-order chi connectivity index (χ1) is 7.96. The molecule has 1 aromatic heterocycles. The van der Waals surface area contributed by atoms with Crippen molar-refractivity contribution in [2.45, 2.75) is 17.3 Å². The molecular formula is C12H9F3OS. The lowest BCUT2D eigenvalue weighted by molar-refractivity contribution is -0.0328. The molecule has 2 aromatic rings. The molecule has 0 radical (unpaired) electrons. The van der Waals surface area contributed by atoms with Gasteiger partial charge in [0.1, 0.15) is 5.76 Å². The lowest BCUT2D eigenvalue weighted by Gasteiger charge is -2.10. The fourth-order valence-corrected chi connectivity index (χ4v) is 2.14. The molecule has 1 aromatic carbocycles. The van der Waals surface area contributed by atoms with Gasteiger partial charge in [0.05, 0.1) is 6.26 Å². The van der Waals surface area contributed by atoms with E-state index in [1.807, 2.05) is 6.92 Å². The lowest BCUT2D eigenvalue weighted by atomic mass is 10.1. The van der Waals surface area contributed by atoms with Crippen LogP contribution >= 0.6 is 11.8 Å². The Hall–Kier alpha value is -1.36. The predicted molar refractivity (Wildman–Crippen MR) is 60.8 cm³/mol. The quantitative estimate of drug-likeness (QED) is 0.713. The smallest absolute Gasteiger partial charge is 0.446 e. The van der Waals surface area contributed by atoms with Crippen molar-refractivity contribution in [3.8, 4) is 11.3 Å². The van der Waals surface area contributed by atoms with E-state index in [0.29, 0.717) is 11.3 Å². The summed E-state index contributed by atoms with van der Waals surface area (Å²) in [7, 11) is 0. The van der Waals surface area contributed by atoms with Crippen molar-refractivity contribution in [3.05, 3.63) is 42.2 Å². The molecule has 0 bridgehead atoms. The van der Waals surface area contributed by atoms with Gasteiger partial charge in [-0.25, -0.2) is 0 Å². The van der Waals surface area contributed by atoms with Gasteiger partial charge >= 0.3 is 5.51 Å². The van der Waals surface area contributed by atoms with Gasteiger partial charge in [-0.1, -0.05) is 11.6 Å². The molecule has 5 heteroatoms. The van der Waals surface area contributed by atoms with Crippen molar-refractivity contribution in [3.63, 3.8) is 0 Å². The van der Waals surface area contributed by atoms with Gasteiger partial charge < -0.3 is 4.42 Å². The molecule has 0 amide bonds. The third-order valence-electron chi connectivity index (χ3n) is 2.15. The van der Waals surface area contributed by atoms with E-state index in [1.165, 1.54) is 12.3 Å². The fraction of sp³-hybridized carbons (Fsp3) is 0.167. The molecule has 0 saturated heterocycles. The largest absolute Gasteiger partial charge is 0.464 e. The summed E-state index contributed by atoms with van der Waals surface area (Å²) < 4.78 is 42.3. The summed E-state index contributed by atoms with van der Waals surface area (Å²) in [4.78, 5) is 0.151. The molecule has 0 fully saturated rings. The summed E-state index contributed by atoms with van der Waals surface area (Å²) in [6, 6.07) is 8.10. The van der Waals surface area contributed by atoms with Crippen molar-refractivity contribution in [1.82, 2.24) is 0 Å². The van der Waals surface area contributed by atoms with E-state index < -0.39 is 5.51 Å². The Bertz CT molecular complexity index is 503. The Kier molecular flexibility index (Phi) is 3.19. The molecule has 0 aliphatic heterocycles. The molecule has 2 rings (SSSR count). The number of halogens is 3. The van der Waals surface area contributed by atoms with Crippen LogP contribution in [0.1, 0.15) is 5.56 Å². The number of hydrogen-bond acceptors (Lipinski definition) is 2. The normalized spacial score (nSPS) is 11.8. The van der Waals surface area contributed by atoms with Crippen molar-refractivity contribution in [2.24, 2.45) is 0 Å². The standard InChI is InChI=1S/C12H9F3OS/c1-8-4-5-11(17-12(13,14)15)9(7-8)10-3-2-6-16-10/h2-7H,1H3. The molecule has 0 unspecified atom stereocenters. The van der Waals surface area contributed by atoms with E-state index in [1.54, 1.807) is 24.3 Å². The van der Waals surface area contributed by atoms with Gasteiger partial charge in [0, 0.05) is 10.5 Å². The van der Waals surface area contributed by atoms with Crippen LogP contribution in [0, 0.1) is 6.92 Å². The third kappa shape index (κ3) is 3.06. The first kappa shape index (κ1) is 12.1. The molecule has 1 heterocycles. The van der Waals surface area contributed by atoms with E-state index in [9.17, 15) is 13.2 Å². The Morgan fingerprint density at radius 3 is 2.53 bits per heavy atom. The second-order valence-corrected chi connectivity index (χ2v) is 4.63. The highest BCUT2D eigenvalue weighted by Gasteiger charge is 2.30. The minimum absolute atomic E-state index is 0.126. The lowest BCUT2D eigenvalue weighted by Crippen LogP contribution is -2.00. The summed E-state index contributed by atoms with van der Waals surface area (Å²) in [6.45, 7) is 1.83. The molecule has 0 atom stereocenters. The summed E-state index contributed by atoms with van der Waals surface area (Å²) in [5, 5.41) is 0. The van der Waals surface area contributed by atoms with Crippen LogP contribution in [-0.4, -0.2) is 5.51 Å². The number of furan rings is 1. The number of hydrogen-bond donors (Lipinski definition) is 0. The summed E-state index contributed by atoms with van der Waals surface area (Å²) >= 11 is -0.126. The minimum atomic E-state index is -4.30. The summed E-state index contributed by atoms with van der Waals surface area (Å²) in [6.07, 6.45) is 1.44. The number of benzene rings is 1. The SMILES string of the molecule is Cc1ccc(SC(F)(F)F)c(-c2ccco2)c1. The van der Waals surface area contributed by atoms with Gasteiger partial charge in [0.15, 0.2) is 0 Å². The van der Waals surface area contributed by atoms with Crippen LogP contribution < -0.4 is 0 Å². The second kappa shape index (κ2) is 4.49. The molecule has 0 N–H and O–H groups in total. The van der Waals surface area contributed by atoms with Crippen LogP contribution in [0.15, 0.2) is 45.9 Å². The molecule has 90 valence electrons. The van der Waals surface area contributed by atoms with Crippen molar-refractivity contribution >= 4 is 11.8 Å². The number of thioether (sulfide) groups is 1. The Balaban J connectivity index is 2.45. The maximum absolute atomic E-state index is 12.4. The zero-order valence-corrected chi connectivity index (χ0v) is 9.73.